The number of methoxy groups -OCH3 is 1. The van der Waals surface area contributed by atoms with Gasteiger partial charge < -0.3 is 29.6 Å². The number of benzene rings is 1. The molecule has 1 atom stereocenters. The van der Waals surface area contributed by atoms with Crippen LogP contribution in [0.1, 0.15) is 45.8 Å². The molecule has 0 saturated carbocycles. The second-order valence-electron chi connectivity index (χ2n) is 9.69. The van der Waals surface area contributed by atoms with Crippen molar-refractivity contribution in [3.63, 3.8) is 0 Å². The SMILES string of the molecule is COc1ccc2c(c1)C(=O)N(CC1(c3cc4c(o3)C=CCCC=C4N3CCNCC3)NC(=O)NC1=O)C2. The molecule has 6 rings (SSSR count). The summed E-state index contributed by atoms with van der Waals surface area (Å²) in [7, 11) is 1.55. The Balaban J connectivity index is 1.39. The third-order valence-electron chi connectivity index (χ3n) is 7.42. The van der Waals surface area contributed by atoms with Gasteiger partial charge in [0.2, 0.25) is 0 Å². The van der Waals surface area contributed by atoms with E-state index >= 15 is 0 Å². The van der Waals surface area contributed by atoms with Crippen molar-refractivity contribution < 1.29 is 23.5 Å². The number of carbonyl (C=O) groups is 3. The highest BCUT2D eigenvalue weighted by molar-refractivity contribution is 6.08. The fourth-order valence-corrected chi connectivity index (χ4v) is 5.50. The lowest BCUT2D eigenvalue weighted by Gasteiger charge is -2.32. The Bertz CT molecular complexity index is 1340. The van der Waals surface area contributed by atoms with Crippen LogP contribution < -0.4 is 20.7 Å². The number of fused-ring (bicyclic) bond motifs is 2. The summed E-state index contributed by atoms with van der Waals surface area (Å²) in [6, 6.07) is 6.58. The molecule has 2 saturated heterocycles. The van der Waals surface area contributed by atoms with Crippen molar-refractivity contribution in [1.82, 2.24) is 25.8 Å². The van der Waals surface area contributed by atoms with Gasteiger partial charge in [0.15, 0.2) is 5.54 Å². The normalized spacial score (nSPS) is 23.2. The van der Waals surface area contributed by atoms with E-state index < -0.39 is 17.5 Å². The molecule has 1 aliphatic carbocycles. The van der Waals surface area contributed by atoms with Gasteiger partial charge in [-0.25, -0.2) is 4.79 Å². The average Bonchev–Trinajstić information content (AvgIpc) is 3.53. The smallest absolute Gasteiger partial charge is 0.322 e. The standard InChI is InChI=1S/C27H29N5O5/c1-36-18-8-7-17-15-32(24(33)19(17)13-18)16-27(25(34)29-26(35)30-27)23-14-20-21(31-11-9-28-10-12-31)5-3-2-4-6-22(20)37-23/h4-8,13-14,28H,2-3,9-12,15-16H2,1H3,(H2,29,30,34,35). The first kappa shape index (κ1) is 23.4. The van der Waals surface area contributed by atoms with E-state index in [9.17, 15) is 14.4 Å². The van der Waals surface area contributed by atoms with Gasteiger partial charge >= 0.3 is 6.03 Å². The molecule has 4 heterocycles. The van der Waals surface area contributed by atoms with E-state index in [0.717, 1.165) is 55.8 Å². The van der Waals surface area contributed by atoms with Crippen LogP contribution in [-0.2, 0) is 16.9 Å². The van der Waals surface area contributed by atoms with Gasteiger partial charge in [0.25, 0.3) is 11.8 Å². The maximum Gasteiger partial charge on any atom is 0.322 e. The molecule has 4 aliphatic rings. The predicted molar refractivity (Wildman–Crippen MR) is 135 cm³/mol. The molecule has 0 radical (unpaired) electrons. The van der Waals surface area contributed by atoms with Crippen molar-refractivity contribution in [2.24, 2.45) is 0 Å². The minimum absolute atomic E-state index is 0.0663. The summed E-state index contributed by atoms with van der Waals surface area (Å²) >= 11 is 0. The van der Waals surface area contributed by atoms with Gasteiger partial charge in [0.05, 0.1) is 13.7 Å². The summed E-state index contributed by atoms with van der Waals surface area (Å²) in [5.74, 6) is 0.745. The zero-order valence-electron chi connectivity index (χ0n) is 20.6. The number of allylic oxidation sites excluding steroid dienone is 2. The highest BCUT2D eigenvalue weighted by Gasteiger charge is 2.53. The van der Waals surface area contributed by atoms with Gasteiger partial charge in [-0.05, 0) is 42.7 Å². The van der Waals surface area contributed by atoms with Gasteiger partial charge in [0, 0.05) is 49.5 Å². The van der Waals surface area contributed by atoms with Gasteiger partial charge in [-0.2, -0.15) is 0 Å². The second kappa shape index (κ2) is 9.11. The van der Waals surface area contributed by atoms with Gasteiger partial charge in [-0.3, -0.25) is 14.9 Å². The van der Waals surface area contributed by atoms with Crippen LogP contribution in [0.3, 0.4) is 0 Å². The third-order valence-corrected chi connectivity index (χ3v) is 7.42. The summed E-state index contributed by atoms with van der Waals surface area (Å²) in [6.07, 6.45) is 7.95. The van der Waals surface area contributed by atoms with Crippen LogP contribution in [0.4, 0.5) is 4.79 Å². The second-order valence-corrected chi connectivity index (χ2v) is 9.69. The summed E-state index contributed by atoms with van der Waals surface area (Å²) in [4.78, 5) is 43.0. The number of ether oxygens (including phenoxy) is 1. The first-order chi connectivity index (χ1) is 18.0. The Labute approximate surface area is 214 Å². The minimum atomic E-state index is -1.55. The fraction of sp³-hybridized carbons (Fsp3) is 0.370. The van der Waals surface area contributed by atoms with E-state index in [1.807, 2.05) is 24.3 Å². The van der Waals surface area contributed by atoms with Crippen molar-refractivity contribution in [3.8, 4) is 5.75 Å². The number of nitrogens with one attached hydrogen (secondary N) is 3. The molecule has 10 nitrogen and oxygen atoms in total. The summed E-state index contributed by atoms with van der Waals surface area (Å²) < 4.78 is 11.6. The number of furan rings is 1. The van der Waals surface area contributed by atoms with E-state index in [1.165, 1.54) is 0 Å². The van der Waals surface area contributed by atoms with Gasteiger partial charge in [0.1, 0.15) is 17.3 Å². The minimum Gasteiger partial charge on any atom is -0.497 e. The molecule has 2 fully saturated rings. The van der Waals surface area contributed by atoms with Crippen LogP contribution >= 0.6 is 0 Å². The molecule has 37 heavy (non-hydrogen) atoms. The van der Waals surface area contributed by atoms with E-state index in [2.05, 4.69) is 26.9 Å². The zero-order chi connectivity index (χ0) is 25.6. The van der Waals surface area contributed by atoms with Crippen LogP contribution in [-0.4, -0.2) is 67.5 Å². The van der Waals surface area contributed by atoms with Crippen LogP contribution in [0.5, 0.6) is 5.75 Å². The van der Waals surface area contributed by atoms with E-state index in [4.69, 9.17) is 9.15 Å². The Morgan fingerprint density at radius 1 is 1.08 bits per heavy atom. The maximum atomic E-state index is 13.3. The van der Waals surface area contributed by atoms with Crippen molar-refractivity contribution in [2.75, 3.05) is 39.8 Å². The van der Waals surface area contributed by atoms with Gasteiger partial charge in [-0.1, -0.05) is 18.2 Å². The topological polar surface area (TPSA) is 116 Å². The number of carbonyl (C=O) groups excluding carboxylic acids is 3. The number of nitrogens with zero attached hydrogens (tertiary/aromatic N) is 2. The molecular formula is C27H29N5O5. The number of urea groups is 1. The number of piperazine rings is 1. The van der Waals surface area contributed by atoms with E-state index in [1.54, 1.807) is 24.1 Å². The van der Waals surface area contributed by atoms with Crippen molar-refractivity contribution in [3.05, 3.63) is 64.6 Å². The monoisotopic (exact) mass is 503 g/mol. The lowest BCUT2D eigenvalue weighted by atomic mass is 9.94. The Hall–Kier alpha value is -4.05. The van der Waals surface area contributed by atoms with E-state index in [-0.39, 0.29) is 12.5 Å². The molecule has 192 valence electrons. The lowest BCUT2D eigenvalue weighted by molar-refractivity contribution is -0.125. The Morgan fingerprint density at radius 3 is 2.68 bits per heavy atom. The average molecular weight is 504 g/mol. The van der Waals surface area contributed by atoms with Crippen LogP contribution in [0.2, 0.25) is 0 Å². The molecule has 0 spiro atoms. The Kier molecular flexibility index (Phi) is 5.75. The molecule has 3 aliphatic heterocycles. The van der Waals surface area contributed by atoms with Crippen LogP contribution in [0.25, 0.3) is 11.8 Å². The highest BCUT2D eigenvalue weighted by Crippen LogP contribution is 2.37. The molecule has 2 aromatic rings. The molecule has 0 bridgehead atoms. The largest absolute Gasteiger partial charge is 0.497 e. The van der Waals surface area contributed by atoms with Crippen molar-refractivity contribution >= 4 is 29.6 Å². The molecule has 3 N–H and O–H groups in total. The van der Waals surface area contributed by atoms with Crippen molar-refractivity contribution in [1.29, 1.82) is 0 Å². The number of rotatable bonds is 5. The molecule has 10 heteroatoms. The first-order valence-corrected chi connectivity index (χ1v) is 12.6. The zero-order valence-corrected chi connectivity index (χ0v) is 20.6. The molecule has 4 amide bonds. The molecule has 1 unspecified atom stereocenters. The first-order valence-electron chi connectivity index (χ1n) is 12.6. The number of hydrogen-bond donors (Lipinski definition) is 3. The van der Waals surface area contributed by atoms with Crippen LogP contribution in [0, 0.1) is 0 Å². The Morgan fingerprint density at radius 2 is 1.92 bits per heavy atom. The van der Waals surface area contributed by atoms with Gasteiger partial charge in [-0.15, -0.1) is 0 Å². The third kappa shape index (κ3) is 3.97. The molecule has 1 aromatic heterocycles. The number of imide groups is 1. The summed E-state index contributed by atoms with van der Waals surface area (Å²) in [6.45, 7) is 3.75. The number of hydrogen-bond acceptors (Lipinski definition) is 7. The fourth-order valence-electron chi connectivity index (χ4n) is 5.50. The molecule has 1 aromatic carbocycles. The summed E-state index contributed by atoms with van der Waals surface area (Å²) in [5, 5.41) is 8.52. The quantitative estimate of drug-likeness (QED) is 0.535. The predicted octanol–water partition coefficient (Wildman–Crippen LogP) is 2.03. The van der Waals surface area contributed by atoms with Crippen molar-refractivity contribution in [2.45, 2.75) is 24.9 Å². The lowest BCUT2D eigenvalue weighted by Crippen LogP contribution is -2.52. The molecular weight excluding hydrogens is 474 g/mol. The highest BCUT2D eigenvalue weighted by atomic mass is 16.5. The summed E-state index contributed by atoms with van der Waals surface area (Å²) in [5.41, 5.74) is 1.75. The maximum absolute atomic E-state index is 13.3. The van der Waals surface area contributed by atoms with E-state index in [0.29, 0.717) is 29.4 Å². The van der Waals surface area contributed by atoms with Crippen LogP contribution in [0.15, 0.2) is 40.8 Å². The number of amides is 4.